The summed E-state index contributed by atoms with van der Waals surface area (Å²) in [5.41, 5.74) is 0.349. The molecular formula is C14H13NO5S. The number of carbonyl (C=O) groups excluding carboxylic acids is 1. The van der Waals surface area contributed by atoms with Crippen molar-refractivity contribution in [3.05, 3.63) is 40.1 Å². The molecule has 0 bridgehead atoms. The van der Waals surface area contributed by atoms with Crippen LogP contribution in [0.1, 0.15) is 20.0 Å². The van der Waals surface area contributed by atoms with Crippen LogP contribution in [0.2, 0.25) is 0 Å². The molecule has 1 aromatic carbocycles. The zero-order valence-electron chi connectivity index (χ0n) is 11.4. The maximum Gasteiger partial charge on any atom is 0.335 e. The lowest BCUT2D eigenvalue weighted by atomic mass is 10.2. The summed E-state index contributed by atoms with van der Waals surface area (Å²) in [6.45, 7) is 0. The summed E-state index contributed by atoms with van der Waals surface area (Å²) in [6.07, 6.45) is 0. The molecule has 0 saturated carbocycles. The first-order valence-electron chi connectivity index (χ1n) is 5.91. The monoisotopic (exact) mass is 307 g/mol. The number of benzene rings is 1. The SMILES string of the molecule is COc1ccc(C(=O)O)cc1NC(=O)c1sccc1OC. The fraction of sp³-hybridized carbons (Fsp3) is 0.143. The summed E-state index contributed by atoms with van der Waals surface area (Å²) in [6, 6.07) is 5.93. The van der Waals surface area contributed by atoms with Crippen LogP contribution in [0, 0.1) is 0 Å². The number of hydrogen-bond acceptors (Lipinski definition) is 5. The summed E-state index contributed by atoms with van der Waals surface area (Å²) in [5.74, 6) is -0.626. The number of hydrogen-bond donors (Lipinski definition) is 2. The van der Waals surface area contributed by atoms with Gasteiger partial charge in [0.1, 0.15) is 16.4 Å². The van der Waals surface area contributed by atoms with E-state index in [1.165, 1.54) is 43.8 Å². The normalized spacial score (nSPS) is 10.0. The van der Waals surface area contributed by atoms with Crippen molar-refractivity contribution in [1.29, 1.82) is 0 Å². The molecule has 0 radical (unpaired) electrons. The second kappa shape index (κ2) is 6.27. The minimum Gasteiger partial charge on any atom is -0.495 e. The molecule has 1 heterocycles. The van der Waals surface area contributed by atoms with E-state index in [2.05, 4.69) is 5.32 Å². The fourth-order valence-electron chi connectivity index (χ4n) is 1.74. The third-order valence-electron chi connectivity index (χ3n) is 2.75. The van der Waals surface area contributed by atoms with Gasteiger partial charge in [0, 0.05) is 0 Å². The van der Waals surface area contributed by atoms with E-state index in [1.54, 1.807) is 11.4 Å². The number of nitrogens with one attached hydrogen (secondary N) is 1. The summed E-state index contributed by atoms with van der Waals surface area (Å²) < 4.78 is 10.2. The predicted molar refractivity (Wildman–Crippen MR) is 78.8 cm³/mol. The van der Waals surface area contributed by atoms with Crippen LogP contribution in [0.15, 0.2) is 29.6 Å². The highest BCUT2D eigenvalue weighted by atomic mass is 32.1. The summed E-state index contributed by atoms with van der Waals surface area (Å²) >= 11 is 1.23. The van der Waals surface area contributed by atoms with Gasteiger partial charge in [0.05, 0.1) is 25.5 Å². The molecule has 0 unspecified atom stereocenters. The molecule has 21 heavy (non-hydrogen) atoms. The molecule has 2 N–H and O–H groups in total. The van der Waals surface area contributed by atoms with E-state index in [0.717, 1.165) is 0 Å². The van der Waals surface area contributed by atoms with Gasteiger partial charge in [0.25, 0.3) is 5.91 Å². The Hall–Kier alpha value is -2.54. The molecule has 1 amide bonds. The first kappa shape index (κ1) is 14.9. The Morgan fingerprint density at radius 2 is 1.86 bits per heavy atom. The van der Waals surface area contributed by atoms with Crippen molar-refractivity contribution < 1.29 is 24.2 Å². The topological polar surface area (TPSA) is 84.9 Å². The first-order chi connectivity index (χ1) is 10.1. The average Bonchev–Trinajstić information content (AvgIpc) is 2.95. The highest BCUT2D eigenvalue weighted by Gasteiger charge is 2.17. The predicted octanol–water partition coefficient (Wildman–Crippen LogP) is 2.72. The molecule has 1 aromatic heterocycles. The van der Waals surface area contributed by atoms with Crippen LogP contribution >= 0.6 is 11.3 Å². The highest BCUT2D eigenvalue weighted by molar-refractivity contribution is 7.12. The maximum absolute atomic E-state index is 12.2. The molecule has 2 rings (SSSR count). The van der Waals surface area contributed by atoms with Gasteiger partial charge in [0.2, 0.25) is 0 Å². The Kier molecular flexibility index (Phi) is 4.44. The maximum atomic E-state index is 12.2. The number of anilines is 1. The van der Waals surface area contributed by atoms with Gasteiger partial charge in [-0.25, -0.2) is 4.79 Å². The van der Waals surface area contributed by atoms with Gasteiger partial charge in [-0.3, -0.25) is 4.79 Å². The van der Waals surface area contributed by atoms with Crippen molar-refractivity contribution in [1.82, 2.24) is 0 Å². The van der Waals surface area contributed by atoms with Gasteiger partial charge in [-0.15, -0.1) is 11.3 Å². The van der Waals surface area contributed by atoms with E-state index in [-0.39, 0.29) is 17.2 Å². The molecular weight excluding hydrogens is 294 g/mol. The van der Waals surface area contributed by atoms with Crippen LogP contribution < -0.4 is 14.8 Å². The van der Waals surface area contributed by atoms with Crippen molar-refractivity contribution in [3.8, 4) is 11.5 Å². The number of carboxylic acids is 1. The summed E-state index contributed by atoms with van der Waals surface area (Å²) in [5, 5.41) is 13.4. The summed E-state index contributed by atoms with van der Waals surface area (Å²) in [4.78, 5) is 23.6. The Bertz CT molecular complexity index is 680. The lowest BCUT2D eigenvalue weighted by Crippen LogP contribution is -2.13. The van der Waals surface area contributed by atoms with E-state index >= 15 is 0 Å². The Morgan fingerprint density at radius 1 is 1.14 bits per heavy atom. The van der Waals surface area contributed by atoms with Crippen molar-refractivity contribution in [2.24, 2.45) is 0 Å². The number of rotatable bonds is 5. The number of carboxylic acid groups (broad SMARTS) is 1. The van der Waals surface area contributed by atoms with Gasteiger partial charge in [-0.1, -0.05) is 0 Å². The summed E-state index contributed by atoms with van der Waals surface area (Å²) in [7, 11) is 2.92. The lowest BCUT2D eigenvalue weighted by molar-refractivity contribution is 0.0696. The third-order valence-corrected chi connectivity index (χ3v) is 3.64. The van der Waals surface area contributed by atoms with Crippen molar-refractivity contribution in [2.45, 2.75) is 0 Å². The van der Waals surface area contributed by atoms with Crippen LogP contribution in [0.3, 0.4) is 0 Å². The van der Waals surface area contributed by atoms with Gasteiger partial charge < -0.3 is 19.9 Å². The van der Waals surface area contributed by atoms with Crippen LogP contribution in [0.5, 0.6) is 11.5 Å². The van der Waals surface area contributed by atoms with E-state index in [9.17, 15) is 9.59 Å². The molecule has 0 atom stereocenters. The second-order valence-corrected chi connectivity index (χ2v) is 4.91. The second-order valence-electron chi connectivity index (χ2n) is 3.99. The lowest BCUT2D eigenvalue weighted by Gasteiger charge is -2.11. The number of carbonyl (C=O) groups is 2. The van der Waals surface area contributed by atoms with E-state index in [1.807, 2.05) is 0 Å². The number of ether oxygens (including phenoxy) is 2. The number of aromatic carboxylic acids is 1. The van der Waals surface area contributed by atoms with Crippen molar-refractivity contribution >= 4 is 28.9 Å². The molecule has 7 heteroatoms. The minimum absolute atomic E-state index is 0.0595. The molecule has 0 spiro atoms. The minimum atomic E-state index is -1.08. The smallest absolute Gasteiger partial charge is 0.335 e. The number of methoxy groups -OCH3 is 2. The van der Waals surface area contributed by atoms with Crippen LogP contribution in [-0.4, -0.2) is 31.2 Å². The molecule has 0 aliphatic rings. The van der Waals surface area contributed by atoms with E-state index < -0.39 is 5.97 Å². The molecule has 6 nitrogen and oxygen atoms in total. The van der Waals surface area contributed by atoms with Gasteiger partial charge in [0.15, 0.2) is 0 Å². The van der Waals surface area contributed by atoms with Gasteiger partial charge in [-0.2, -0.15) is 0 Å². The number of amides is 1. The van der Waals surface area contributed by atoms with Crippen molar-refractivity contribution in [2.75, 3.05) is 19.5 Å². The zero-order chi connectivity index (χ0) is 15.4. The third kappa shape index (κ3) is 3.14. The molecule has 2 aromatic rings. The first-order valence-corrected chi connectivity index (χ1v) is 6.79. The van der Waals surface area contributed by atoms with Crippen LogP contribution in [0.25, 0.3) is 0 Å². The number of thiophene rings is 1. The largest absolute Gasteiger partial charge is 0.495 e. The Labute approximate surface area is 124 Å². The van der Waals surface area contributed by atoms with E-state index in [0.29, 0.717) is 16.4 Å². The standard InChI is InChI=1S/C14H13NO5S/c1-19-10-4-3-8(14(17)18)7-9(10)15-13(16)12-11(20-2)5-6-21-12/h3-7H,1-2H3,(H,15,16)(H,17,18). The molecule has 110 valence electrons. The van der Waals surface area contributed by atoms with Gasteiger partial charge in [-0.05, 0) is 29.6 Å². The van der Waals surface area contributed by atoms with E-state index in [4.69, 9.17) is 14.6 Å². The zero-order valence-corrected chi connectivity index (χ0v) is 12.2. The molecule has 0 fully saturated rings. The van der Waals surface area contributed by atoms with Gasteiger partial charge >= 0.3 is 5.97 Å². The Morgan fingerprint density at radius 3 is 2.48 bits per heavy atom. The van der Waals surface area contributed by atoms with Crippen LogP contribution in [-0.2, 0) is 0 Å². The van der Waals surface area contributed by atoms with Crippen LogP contribution in [0.4, 0.5) is 5.69 Å². The Balaban J connectivity index is 2.31. The quantitative estimate of drug-likeness (QED) is 0.887. The molecule has 0 saturated heterocycles. The molecule has 0 aliphatic carbocycles. The highest BCUT2D eigenvalue weighted by Crippen LogP contribution is 2.29. The van der Waals surface area contributed by atoms with Crippen molar-refractivity contribution in [3.63, 3.8) is 0 Å². The fourth-order valence-corrected chi connectivity index (χ4v) is 2.49. The average molecular weight is 307 g/mol. The molecule has 0 aliphatic heterocycles.